The lowest BCUT2D eigenvalue weighted by atomic mass is 9.94. The van der Waals surface area contributed by atoms with Crippen molar-refractivity contribution in [3.8, 4) is 0 Å². The van der Waals surface area contributed by atoms with Crippen molar-refractivity contribution in [1.29, 1.82) is 0 Å². The third-order valence-electron chi connectivity index (χ3n) is 2.86. The number of alkyl halides is 1. The molecule has 0 aliphatic carbocycles. The minimum atomic E-state index is -3.07. The maximum absolute atomic E-state index is 11.1. The molecule has 1 aliphatic heterocycles. The van der Waals surface area contributed by atoms with Crippen LogP contribution in [-0.4, -0.2) is 44.7 Å². The van der Waals surface area contributed by atoms with Crippen LogP contribution in [0.1, 0.15) is 19.3 Å². The summed E-state index contributed by atoms with van der Waals surface area (Å²) in [6.45, 7) is 2.84. The highest BCUT2D eigenvalue weighted by Crippen LogP contribution is 2.18. The van der Waals surface area contributed by atoms with Gasteiger partial charge in [0.15, 0.2) is 0 Å². The van der Waals surface area contributed by atoms with E-state index in [-0.39, 0.29) is 4.66 Å². The summed E-state index contributed by atoms with van der Waals surface area (Å²) in [5.74, 6) is 0.680. The quantitative estimate of drug-likeness (QED) is 0.770. The van der Waals surface area contributed by atoms with Crippen molar-refractivity contribution in [1.82, 2.24) is 9.62 Å². The van der Waals surface area contributed by atoms with Gasteiger partial charge in [0.1, 0.15) is 4.66 Å². The van der Waals surface area contributed by atoms with E-state index in [0.29, 0.717) is 12.5 Å². The third kappa shape index (κ3) is 5.29. The summed E-state index contributed by atoms with van der Waals surface area (Å²) in [6.07, 6.45) is 3.33. The number of halogens is 1. The molecule has 1 heterocycles. The first-order valence-electron chi connectivity index (χ1n) is 5.25. The molecule has 0 bridgehead atoms. The number of nitrogens with zero attached hydrogens (tertiary/aromatic N) is 1. The molecule has 15 heavy (non-hydrogen) atoms. The first-order chi connectivity index (χ1) is 7.03. The predicted octanol–water partition coefficient (Wildman–Crippen LogP) is 0.990. The van der Waals surface area contributed by atoms with Crippen molar-refractivity contribution < 1.29 is 8.42 Å². The summed E-state index contributed by atoms with van der Waals surface area (Å²) in [6, 6.07) is 0. The van der Waals surface area contributed by atoms with E-state index in [0.717, 1.165) is 19.5 Å². The Morgan fingerprint density at radius 3 is 2.53 bits per heavy atom. The molecule has 1 N–H and O–H groups in total. The lowest BCUT2D eigenvalue weighted by molar-refractivity contribution is 0.213. The Morgan fingerprint density at radius 1 is 1.40 bits per heavy atom. The number of likely N-dealkylation sites (tertiary alicyclic amines) is 1. The van der Waals surface area contributed by atoms with Gasteiger partial charge in [-0.15, -0.1) is 0 Å². The molecule has 0 radical (unpaired) electrons. The van der Waals surface area contributed by atoms with Crippen molar-refractivity contribution in [2.24, 2.45) is 5.92 Å². The van der Waals surface area contributed by atoms with Crippen molar-refractivity contribution in [2.45, 2.75) is 19.3 Å². The normalized spacial score (nSPS) is 20.7. The highest BCUT2D eigenvalue weighted by molar-refractivity contribution is 9.10. The van der Waals surface area contributed by atoms with E-state index in [9.17, 15) is 8.42 Å². The lowest BCUT2D eigenvalue weighted by Crippen LogP contribution is -2.32. The fourth-order valence-corrected chi connectivity index (χ4v) is 2.80. The molecule has 0 saturated carbocycles. The Bertz CT molecular complexity index is 274. The standard InChI is InChI=1S/C9H19BrN2O2S/c1-12-6-3-9(4-7-12)2-5-11-15(13,14)8-10/h9,11H,2-8H2,1H3. The summed E-state index contributed by atoms with van der Waals surface area (Å²) in [4.78, 5) is 2.32. The van der Waals surface area contributed by atoms with Gasteiger partial charge in [0.05, 0.1) is 0 Å². The average molecular weight is 299 g/mol. The van der Waals surface area contributed by atoms with Crippen LogP contribution in [0.4, 0.5) is 0 Å². The second-order valence-corrected chi connectivity index (χ2v) is 7.26. The van der Waals surface area contributed by atoms with Gasteiger partial charge in [-0.3, -0.25) is 0 Å². The molecule has 1 rings (SSSR count). The average Bonchev–Trinajstić information content (AvgIpc) is 2.21. The van der Waals surface area contributed by atoms with Crippen LogP contribution in [0.3, 0.4) is 0 Å². The van der Waals surface area contributed by atoms with E-state index in [4.69, 9.17) is 0 Å². The van der Waals surface area contributed by atoms with Crippen molar-refractivity contribution in [3.05, 3.63) is 0 Å². The molecule has 6 heteroatoms. The minimum absolute atomic E-state index is 0.00654. The molecule has 0 atom stereocenters. The highest BCUT2D eigenvalue weighted by atomic mass is 79.9. The second-order valence-electron chi connectivity index (χ2n) is 4.15. The summed E-state index contributed by atoms with van der Waals surface area (Å²) >= 11 is 2.95. The summed E-state index contributed by atoms with van der Waals surface area (Å²) in [7, 11) is -0.946. The zero-order valence-electron chi connectivity index (χ0n) is 9.08. The number of hydrogen-bond donors (Lipinski definition) is 1. The number of rotatable bonds is 5. The smallest absolute Gasteiger partial charge is 0.221 e. The van der Waals surface area contributed by atoms with Crippen LogP contribution in [0.15, 0.2) is 0 Å². The molecule has 1 fully saturated rings. The molecule has 0 aromatic carbocycles. The zero-order valence-corrected chi connectivity index (χ0v) is 11.5. The van der Waals surface area contributed by atoms with E-state index in [2.05, 4.69) is 32.6 Å². The Hall–Kier alpha value is 0.350. The molecule has 0 amide bonds. The first kappa shape index (κ1) is 13.4. The fourth-order valence-electron chi connectivity index (χ4n) is 1.81. The van der Waals surface area contributed by atoms with Gasteiger partial charge < -0.3 is 4.90 Å². The predicted molar refractivity (Wildman–Crippen MR) is 65.6 cm³/mol. The Kier molecular flexibility index (Phi) is 5.52. The summed E-state index contributed by atoms with van der Waals surface area (Å²) in [5.41, 5.74) is 0. The van der Waals surface area contributed by atoms with Gasteiger partial charge in [0, 0.05) is 6.54 Å². The highest BCUT2D eigenvalue weighted by Gasteiger charge is 2.17. The molecule has 0 aromatic heterocycles. The number of nitrogens with one attached hydrogen (secondary N) is 1. The van der Waals surface area contributed by atoms with Gasteiger partial charge in [-0.25, -0.2) is 13.1 Å². The van der Waals surface area contributed by atoms with Gasteiger partial charge in [0.2, 0.25) is 10.0 Å². The van der Waals surface area contributed by atoms with Crippen molar-refractivity contribution in [3.63, 3.8) is 0 Å². The topological polar surface area (TPSA) is 49.4 Å². The molecule has 1 aliphatic rings. The largest absolute Gasteiger partial charge is 0.306 e. The summed E-state index contributed by atoms with van der Waals surface area (Å²) in [5, 5.41) is 0. The monoisotopic (exact) mass is 298 g/mol. The van der Waals surface area contributed by atoms with E-state index in [1.165, 1.54) is 12.8 Å². The van der Waals surface area contributed by atoms with Gasteiger partial charge in [-0.2, -0.15) is 0 Å². The Balaban J connectivity index is 2.16. The van der Waals surface area contributed by atoms with Gasteiger partial charge >= 0.3 is 0 Å². The number of piperidine rings is 1. The second kappa shape index (κ2) is 6.18. The van der Waals surface area contributed by atoms with Crippen molar-refractivity contribution in [2.75, 3.05) is 31.3 Å². The van der Waals surface area contributed by atoms with Gasteiger partial charge in [-0.1, -0.05) is 15.9 Å². The Labute approximate surface area is 101 Å². The van der Waals surface area contributed by atoms with E-state index >= 15 is 0 Å². The van der Waals surface area contributed by atoms with Crippen LogP contribution in [-0.2, 0) is 10.0 Å². The van der Waals surface area contributed by atoms with Crippen LogP contribution in [0, 0.1) is 5.92 Å². The van der Waals surface area contributed by atoms with Crippen LogP contribution < -0.4 is 4.72 Å². The molecular formula is C9H19BrN2O2S. The molecule has 90 valence electrons. The molecule has 0 spiro atoms. The maximum Gasteiger partial charge on any atom is 0.221 e. The Morgan fingerprint density at radius 2 is 2.00 bits per heavy atom. The fraction of sp³-hybridized carbons (Fsp3) is 1.00. The van der Waals surface area contributed by atoms with E-state index in [1.54, 1.807) is 0 Å². The van der Waals surface area contributed by atoms with E-state index in [1.807, 2.05) is 0 Å². The minimum Gasteiger partial charge on any atom is -0.306 e. The third-order valence-corrected chi connectivity index (χ3v) is 5.60. The molecule has 0 unspecified atom stereocenters. The van der Waals surface area contributed by atoms with Crippen molar-refractivity contribution >= 4 is 26.0 Å². The SMILES string of the molecule is CN1CCC(CCNS(=O)(=O)CBr)CC1. The zero-order chi connectivity index (χ0) is 11.3. The van der Waals surface area contributed by atoms with Crippen LogP contribution >= 0.6 is 15.9 Å². The molecule has 0 aromatic rings. The van der Waals surface area contributed by atoms with Gasteiger partial charge in [-0.05, 0) is 45.3 Å². The summed E-state index contributed by atoms with van der Waals surface area (Å²) < 4.78 is 24.8. The lowest BCUT2D eigenvalue weighted by Gasteiger charge is -2.28. The van der Waals surface area contributed by atoms with Crippen LogP contribution in [0.25, 0.3) is 0 Å². The first-order valence-corrected chi connectivity index (χ1v) is 8.03. The van der Waals surface area contributed by atoms with E-state index < -0.39 is 10.0 Å². The number of hydrogen-bond acceptors (Lipinski definition) is 3. The van der Waals surface area contributed by atoms with Crippen LogP contribution in [0.2, 0.25) is 0 Å². The van der Waals surface area contributed by atoms with Crippen LogP contribution in [0.5, 0.6) is 0 Å². The molecule has 1 saturated heterocycles. The number of sulfonamides is 1. The molecule has 4 nitrogen and oxygen atoms in total. The molecular weight excluding hydrogens is 280 g/mol. The maximum atomic E-state index is 11.1. The van der Waals surface area contributed by atoms with Gasteiger partial charge in [0.25, 0.3) is 0 Å².